The molecule has 17 heavy (non-hydrogen) atoms. The van der Waals surface area contributed by atoms with Crippen LogP contribution in [0.4, 0.5) is 0 Å². The molecule has 0 fully saturated rings. The fourth-order valence-electron chi connectivity index (χ4n) is 3.16. The molecule has 0 saturated heterocycles. The molecule has 0 radical (unpaired) electrons. The quantitative estimate of drug-likeness (QED) is 0.462. The average Bonchev–Trinajstić information content (AvgIpc) is 2.31. The van der Waals surface area contributed by atoms with E-state index in [0.29, 0.717) is 0 Å². The fraction of sp³-hybridized carbons (Fsp3) is 1.00. The van der Waals surface area contributed by atoms with Crippen LogP contribution in [0.25, 0.3) is 0 Å². The molecule has 0 amide bonds. The Morgan fingerprint density at radius 1 is 0.706 bits per heavy atom. The summed E-state index contributed by atoms with van der Waals surface area (Å²) in [5, 5.41) is 0. The summed E-state index contributed by atoms with van der Waals surface area (Å²) in [5.74, 6) is 0. The third kappa shape index (κ3) is 4.18. The Labute approximate surface area is 118 Å². The second-order valence-corrected chi connectivity index (χ2v) is 22.3. The van der Waals surface area contributed by atoms with Crippen LogP contribution >= 0.6 is 0 Å². The van der Waals surface area contributed by atoms with Crippen molar-refractivity contribution < 1.29 is 35.9 Å². The van der Waals surface area contributed by atoms with E-state index < -0.39 is 34.0 Å². The SMILES string of the molecule is C[CH2][Ti]([CH2]C)([CH2]C)[O][Ti]([CH2]C)([CH](C)C)[CH](C)C. The first-order valence-electron chi connectivity index (χ1n) is 7.54. The van der Waals surface area contributed by atoms with Crippen molar-refractivity contribution in [3.8, 4) is 0 Å². The van der Waals surface area contributed by atoms with Crippen LogP contribution in [-0.4, -0.2) is 0 Å². The van der Waals surface area contributed by atoms with E-state index in [0.717, 1.165) is 8.45 Å². The number of rotatable bonds is 8. The van der Waals surface area contributed by atoms with Crippen molar-refractivity contribution in [1.29, 1.82) is 0 Å². The Bertz CT molecular complexity index is 194. The van der Waals surface area contributed by atoms with E-state index in [2.05, 4.69) is 55.4 Å². The maximum absolute atomic E-state index is 7.12. The Morgan fingerprint density at radius 3 is 1.24 bits per heavy atom. The van der Waals surface area contributed by atoms with Crippen LogP contribution in [0.2, 0.25) is 27.3 Å². The van der Waals surface area contributed by atoms with Gasteiger partial charge in [0.2, 0.25) is 0 Å². The zero-order chi connectivity index (χ0) is 13.7. The summed E-state index contributed by atoms with van der Waals surface area (Å²) in [6.45, 7) is 19.2. The topological polar surface area (TPSA) is 9.23 Å². The Morgan fingerprint density at radius 2 is 1.06 bits per heavy atom. The normalized spacial score (nSPS) is 13.8. The van der Waals surface area contributed by atoms with Gasteiger partial charge in [0.25, 0.3) is 0 Å². The van der Waals surface area contributed by atoms with Gasteiger partial charge in [-0.3, -0.25) is 0 Å². The molecule has 3 heteroatoms. The van der Waals surface area contributed by atoms with Gasteiger partial charge in [0, 0.05) is 0 Å². The van der Waals surface area contributed by atoms with Crippen LogP contribution in [0, 0.1) is 0 Å². The zero-order valence-corrected chi connectivity index (χ0v) is 16.5. The molecule has 1 nitrogen and oxygen atoms in total. The standard InChI is InChI=1S/2C3H7.4C2H5.O.2Ti/c2*1-3-2;4*1-2;;;/h2*3H,1-2H3;4*1H2,2H3;;;. The monoisotopic (exact) mass is 314 g/mol. The van der Waals surface area contributed by atoms with Gasteiger partial charge in [-0.25, -0.2) is 0 Å². The third-order valence-corrected chi connectivity index (χ3v) is 25.2. The van der Waals surface area contributed by atoms with Crippen LogP contribution < -0.4 is 0 Å². The summed E-state index contributed by atoms with van der Waals surface area (Å²) in [5.41, 5.74) is 0. The van der Waals surface area contributed by atoms with Gasteiger partial charge >= 0.3 is 119 Å². The van der Waals surface area contributed by atoms with Crippen molar-refractivity contribution >= 4 is 0 Å². The number of hydrogen-bond acceptors (Lipinski definition) is 1. The summed E-state index contributed by atoms with van der Waals surface area (Å²) in [4.78, 5) is 0. The van der Waals surface area contributed by atoms with Crippen molar-refractivity contribution in [2.45, 2.75) is 82.7 Å². The van der Waals surface area contributed by atoms with Gasteiger partial charge in [0.05, 0.1) is 0 Å². The van der Waals surface area contributed by atoms with Crippen LogP contribution in [0.3, 0.4) is 0 Å². The van der Waals surface area contributed by atoms with E-state index >= 15 is 0 Å². The minimum atomic E-state index is -2.12. The zero-order valence-electron chi connectivity index (χ0n) is 13.4. The first-order chi connectivity index (χ1) is 7.84. The molecular weight excluding hydrogens is 280 g/mol. The van der Waals surface area contributed by atoms with Gasteiger partial charge < -0.3 is 0 Å². The summed E-state index contributed by atoms with van der Waals surface area (Å²) < 4.78 is 14.1. The summed E-state index contributed by atoms with van der Waals surface area (Å²) in [6.07, 6.45) is 0. The van der Waals surface area contributed by atoms with Gasteiger partial charge in [-0.2, -0.15) is 0 Å². The molecule has 0 heterocycles. The Hall–Kier alpha value is 1.39. The average molecular weight is 314 g/mol. The fourth-order valence-corrected chi connectivity index (χ4v) is 25.0. The predicted molar refractivity (Wildman–Crippen MR) is 73.2 cm³/mol. The molecule has 0 aromatic heterocycles. The first-order valence-corrected chi connectivity index (χ1v) is 15.0. The van der Waals surface area contributed by atoms with Crippen molar-refractivity contribution in [3.63, 3.8) is 0 Å². The molecule has 0 atom stereocenters. The van der Waals surface area contributed by atoms with Gasteiger partial charge in [-0.1, -0.05) is 0 Å². The molecule has 0 unspecified atom stereocenters. The predicted octanol–water partition coefficient (Wildman–Crippen LogP) is 6.55. The van der Waals surface area contributed by atoms with E-state index in [-0.39, 0.29) is 0 Å². The van der Waals surface area contributed by atoms with Gasteiger partial charge in [0.15, 0.2) is 0 Å². The van der Waals surface area contributed by atoms with E-state index in [1.54, 1.807) is 0 Å². The van der Waals surface area contributed by atoms with Crippen LogP contribution in [0.15, 0.2) is 0 Å². The Kier molecular flexibility index (Phi) is 8.49. The van der Waals surface area contributed by atoms with E-state index in [9.17, 15) is 0 Å². The minimum absolute atomic E-state index is 0.801. The molecule has 0 N–H and O–H groups in total. The molecule has 0 spiro atoms. The van der Waals surface area contributed by atoms with Crippen LogP contribution in [-0.2, 0) is 35.9 Å². The molecule has 0 saturated carbocycles. The maximum atomic E-state index is 7.12. The molecule has 0 aliphatic heterocycles. The molecular formula is C14H34OTi2. The van der Waals surface area contributed by atoms with E-state index in [1.807, 2.05) is 0 Å². The van der Waals surface area contributed by atoms with Gasteiger partial charge in [0.1, 0.15) is 0 Å². The van der Waals surface area contributed by atoms with Crippen LogP contribution in [0.1, 0.15) is 55.4 Å². The second-order valence-electron chi connectivity index (χ2n) is 5.96. The summed E-state index contributed by atoms with van der Waals surface area (Å²) >= 11 is -4.08. The van der Waals surface area contributed by atoms with E-state index in [1.165, 1.54) is 18.9 Å². The Balaban J connectivity index is 5.21. The van der Waals surface area contributed by atoms with Crippen molar-refractivity contribution in [1.82, 2.24) is 0 Å². The van der Waals surface area contributed by atoms with Crippen molar-refractivity contribution in [2.75, 3.05) is 0 Å². The summed E-state index contributed by atoms with van der Waals surface area (Å²) in [6, 6.07) is 0. The molecule has 0 aromatic carbocycles. The van der Waals surface area contributed by atoms with Gasteiger partial charge in [-0.15, -0.1) is 0 Å². The van der Waals surface area contributed by atoms with Gasteiger partial charge in [-0.05, 0) is 0 Å². The summed E-state index contributed by atoms with van der Waals surface area (Å²) in [7, 11) is 0. The molecule has 104 valence electrons. The number of hydrogen-bond donors (Lipinski definition) is 0. The van der Waals surface area contributed by atoms with E-state index in [4.69, 9.17) is 1.90 Å². The first kappa shape index (κ1) is 18.4. The molecule has 0 aromatic rings. The third-order valence-electron chi connectivity index (χ3n) is 4.85. The molecule has 0 bridgehead atoms. The van der Waals surface area contributed by atoms with Crippen LogP contribution in [0.5, 0.6) is 0 Å². The van der Waals surface area contributed by atoms with Crippen molar-refractivity contribution in [3.05, 3.63) is 0 Å². The molecule has 0 rings (SSSR count). The molecule has 0 aliphatic rings. The van der Waals surface area contributed by atoms with Crippen molar-refractivity contribution in [2.24, 2.45) is 0 Å². The second kappa shape index (κ2) is 7.85. The molecule has 0 aliphatic carbocycles.